The number of piperidine rings is 1. The molecular formula is C25H26N4O4. The number of para-hydroxylation sites is 2. The molecule has 1 aromatic carbocycles. The number of carbonyl (C=O) groups excluding carboxylic acids is 1. The average Bonchev–Trinajstić information content (AvgIpc) is 2.85. The third kappa shape index (κ3) is 4.46. The lowest BCUT2D eigenvalue weighted by Gasteiger charge is -2.37. The van der Waals surface area contributed by atoms with Crippen molar-refractivity contribution in [3.63, 3.8) is 0 Å². The van der Waals surface area contributed by atoms with Crippen LogP contribution in [0.2, 0.25) is 0 Å². The lowest BCUT2D eigenvalue weighted by atomic mass is 9.96. The number of nitrogens with zero attached hydrogens (tertiary/aromatic N) is 4. The molecule has 1 fully saturated rings. The van der Waals surface area contributed by atoms with Crippen molar-refractivity contribution in [1.29, 1.82) is 0 Å². The molecule has 2 unspecified atom stereocenters. The van der Waals surface area contributed by atoms with Crippen molar-refractivity contribution in [2.45, 2.75) is 38.5 Å². The number of likely N-dealkylation sites (tertiary alicyclic amines) is 1. The molecule has 0 aliphatic carbocycles. The molecule has 0 N–H and O–H groups in total. The highest BCUT2D eigenvalue weighted by Crippen LogP contribution is 2.34. The number of carbonyl (C=O) groups is 1. The molecule has 5 rings (SSSR count). The van der Waals surface area contributed by atoms with E-state index in [2.05, 4.69) is 9.97 Å². The van der Waals surface area contributed by atoms with Gasteiger partial charge in [-0.3, -0.25) is 19.1 Å². The highest BCUT2D eigenvalue weighted by molar-refractivity contribution is 5.82. The molecule has 2 aliphatic heterocycles. The van der Waals surface area contributed by atoms with Crippen molar-refractivity contribution in [2.24, 2.45) is 5.92 Å². The van der Waals surface area contributed by atoms with Crippen LogP contribution in [0.1, 0.15) is 19.8 Å². The van der Waals surface area contributed by atoms with E-state index in [1.165, 1.54) is 0 Å². The Bertz CT molecular complexity index is 1190. The van der Waals surface area contributed by atoms with Crippen LogP contribution in [0.15, 0.2) is 66.0 Å². The number of hydrogen-bond acceptors (Lipinski definition) is 6. The summed E-state index contributed by atoms with van der Waals surface area (Å²) in [5.41, 5.74) is 1.36. The standard InChI is InChI=1S/C25H26N4O4/c1-17-24(33-22-7-3-2-6-21(22)32-17)25(31)28-11-8-18(9-12-28)15-29-16-27-20(13-23(29)30)19-5-4-10-26-14-19/h2-7,10,13-14,16-18,24H,8-9,11-12,15H2,1H3. The van der Waals surface area contributed by atoms with Crippen LogP contribution in [0, 0.1) is 5.92 Å². The average molecular weight is 447 g/mol. The van der Waals surface area contributed by atoms with E-state index >= 15 is 0 Å². The van der Waals surface area contributed by atoms with Gasteiger partial charge in [-0.05, 0) is 49.9 Å². The summed E-state index contributed by atoms with van der Waals surface area (Å²) < 4.78 is 13.5. The molecule has 33 heavy (non-hydrogen) atoms. The van der Waals surface area contributed by atoms with Gasteiger partial charge >= 0.3 is 0 Å². The highest BCUT2D eigenvalue weighted by Gasteiger charge is 2.37. The number of benzene rings is 1. The van der Waals surface area contributed by atoms with Crippen molar-refractivity contribution in [3.05, 3.63) is 71.5 Å². The largest absolute Gasteiger partial charge is 0.482 e. The Labute approximate surface area is 191 Å². The summed E-state index contributed by atoms with van der Waals surface area (Å²) >= 11 is 0. The van der Waals surface area contributed by atoms with Crippen molar-refractivity contribution in [1.82, 2.24) is 19.4 Å². The van der Waals surface area contributed by atoms with Gasteiger partial charge in [-0.1, -0.05) is 12.1 Å². The molecule has 0 bridgehead atoms. The lowest BCUT2D eigenvalue weighted by Crippen LogP contribution is -2.52. The monoisotopic (exact) mass is 446 g/mol. The summed E-state index contributed by atoms with van der Waals surface area (Å²) in [4.78, 5) is 36.1. The molecule has 0 radical (unpaired) electrons. The second-order valence-electron chi connectivity index (χ2n) is 8.58. The molecule has 170 valence electrons. The summed E-state index contributed by atoms with van der Waals surface area (Å²) in [6, 6.07) is 12.7. The highest BCUT2D eigenvalue weighted by atomic mass is 16.6. The Balaban J connectivity index is 1.19. The van der Waals surface area contributed by atoms with Crippen LogP contribution in [0.4, 0.5) is 0 Å². The van der Waals surface area contributed by atoms with Crippen LogP contribution in [0.25, 0.3) is 11.3 Å². The topological polar surface area (TPSA) is 86.6 Å². The number of fused-ring (bicyclic) bond motifs is 1. The molecule has 0 saturated carbocycles. The van der Waals surface area contributed by atoms with Crippen LogP contribution in [-0.4, -0.2) is 50.6 Å². The molecule has 2 atom stereocenters. The number of rotatable bonds is 4. The smallest absolute Gasteiger partial charge is 0.267 e. The Morgan fingerprint density at radius 3 is 2.55 bits per heavy atom. The molecule has 4 heterocycles. The van der Waals surface area contributed by atoms with Gasteiger partial charge in [0.1, 0.15) is 6.10 Å². The molecule has 0 spiro atoms. The van der Waals surface area contributed by atoms with Gasteiger partial charge in [-0.2, -0.15) is 0 Å². The first kappa shape index (κ1) is 21.2. The summed E-state index contributed by atoms with van der Waals surface area (Å²) in [6.07, 6.45) is 5.63. The first-order valence-electron chi connectivity index (χ1n) is 11.3. The normalized spacial score (nSPS) is 20.5. The Morgan fingerprint density at radius 2 is 1.85 bits per heavy atom. The Kier molecular flexibility index (Phi) is 5.81. The van der Waals surface area contributed by atoms with Gasteiger partial charge in [-0.25, -0.2) is 4.98 Å². The van der Waals surface area contributed by atoms with Gasteiger partial charge in [0.2, 0.25) is 6.10 Å². The zero-order valence-electron chi connectivity index (χ0n) is 18.5. The number of pyridine rings is 1. The fourth-order valence-corrected chi connectivity index (χ4v) is 4.42. The van der Waals surface area contributed by atoms with Gasteiger partial charge in [0, 0.05) is 43.7 Å². The van der Waals surface area contributed by atoms with E-state index in [1.807, 2.05) is 48.2 Å². The van der Waals surface area contributed by atoms with Crippen LogP contribution in [0.3, 0.4) is 0 Å². The summed E-state index contributed by atoms with van der Waals surface area (Å²) in [5, 5.41) is 0. The van der Waals surface area contributed by atoms with E-state index in [4.69, 9.17) is 9.47 Å². The predicted molar refractivity (Wildman–Crippen MR) is 122 cm³/mol. The van der Waals surface area contributed by atoms with Crippen LogP contribution < -0.4 is 15.0 Å². The minimum Gasteiger partial charge on any atom is -0.482 e. The molecule has 2 aromatic heterocycles. The molecule has 8 nitrogen and oxygen atoms in total. The molecule has 8 heteroatoms. The molecule has 1 saturated heterocycles. The zero-order valence-corrected chi connectivity index (χ0v) is 18.5. The molecular weight excluding hydrogens is 420 g/mol. The van der Waals surface area contributed by atoms with Crippen molar-refractivity contribution < 1.29 is 14.3 Å². The van der Waals surface area contributed by atoms with E-state index < -0.39 is 6.10 Å². The van der Waals surface area contributed by atoms with Gasteiger partial charge in [0.05, 0.1) is 12.0 Å². The Morgan fingerprint density at radius 1 is 1.09 bits per heavy atom. The van der Waals surface area contributed by atoms with E-state index in [1.54, 1.807) is 29.4 Å². The number of amides is 1. The Hall–Kier alpha value is -3.68. The van der Waals surface area contributed by atoms with Crippen LogP contribution >= 0.6 is 0 Å². The van der Waals surface area contributed by atoms with E-state index in [0.717, 1.165) is 18.4 Å². The minimum atomic E-state index is -0.650. The minimum absolute atomic E-state index is 0.0462. The van der Waals surface area contributed by atoms with Gasteiger partial charge in [0.15, 0.2) is 11.5 Å². The summed E-state index contributed by atoms with van der Waals surface area (Å²) in [6.45, 7) is 3.72. The first-order valence-corrected chi connectivity index (χ1v) is 11.3. The van der Waals surface area contributed by atoms with Crippen molar-refractivity contribution >= 4 is 5.91 Å². The molecule has 2 aliphatic rings. The maximum absolute atomic E-state index is 13.1. The summed E-state index contributed by atoms with van der Waals surface area (Å²) in [5.74, 6) is 1.53. The lowest BCUT2D eigenvalue weighted by molar-refractivity contribution is -0.145. The second kappa shape index (κ2) is 9.05. The molecule has 3 aromatic rings. The van der Waals surface area contributed by atoms with Crippen LogP contribution in [0.5, 0.6) is 11.5 Å². The number of aromatic nitrogens is 3. The number of ether oxygens (including phenoxy) is 2. The maximum atomic E-state index is 13.1. The quantitative estimate of drug-likeness (QED) is 0.613. The SMILES string of the molecule is CC1Oc2ccccc2OC1C(=O)N1CCC(Cn2cnc(-c3cccnc3)cc2=O)CC1. The fraction of sp³-hybridized carbons (Fsp3) is 0.360. The zero-order chi connectivity index (χ0) is 22.8. The van der Waals surface area contributed by atoms with Gasteiger partial charge < -0.3 is 14.4 Å². The first-order chi connectivity index (χ1) is 16.1. The van der Waals surface area contributed by atoms with E-state index in [-0.39, 0.29) is 17.6 Å². The molecule has 1 amide bonds. The van der Waals surface area contributed by atoms with Crippen LogP contribution in [-0.2, 0) is 11.3 Å². The van der Waals surface area contributed by atoms with Crippen molar-refractivity contribution in [2.75, 3.05) is 13.1 Å². The third-order valence-electron chi connectivity index (χ3n) is 6.30. The van der Waals surface area contributed by atoms with E-state index in [9.17, 15) is 9.59 Å². The van der Waals surface area contributed by atoms with Gasteiger partial charge in [0.25, 0.3) is 11.5 Å². The number of hydrogen-bond donors (Lipinski definition) is 0. The summed E-state index contributed by atoms with van der Waals surface area (Å²) in [7, 11) is 0. The third-order valence-corrected chi connectivity index (χ3v) is 6.30. The van der Waals surface area contributed by atoms with E-state index in [0.29, 0.717) is 42.7 Å². The fourth-order valence-electron chi connectivity index (χ4n) is 4.42. The van der Waals surface area contributed by atoms with Crippen molar-refractivity contribution in [3.8, 4) is 22.8 Å². The second-order valence-corrected chi connectivity index (χ2v) is 8.58. The van der Waals surface area contributed by atoms with Gasteiger partial charge in [-0.15, -0.1) is 0 Å². The maximum Gasteiger partial charge on any atom is 0.267 e. The predicted octanol–water partition coefficient (Wildman–Crippen LogP) is 2.77.